The zero-order chi connectivity index (χ0) is 16.0. The molecule has 0 aliphatic carbocycles. The van der Waals surface area contributed by atoms with Crippen molar-refractivity contribution < 1.29 is 17.9 Å². The fourth-order valence-corrected chi connectivity index (χ4v) is 3.64. The van der Waals surface area contributed by atoms with Crippen molar-refractivity contribution in [2.24, 2.45) is 0 Å². The first-order valence-electron chi connectivity index (χ1n) is 6.51. The van der Waals surface area contributed by atoms with Crippen molar-refractivity contribution in [1.82, 2.24) is 9.62 Å². The van der Waals surface area contributed by atoms with Crippen molar-refractivity contribution in [3.63, 3.8) is 0 Å². The van der Waals surface area contributed by atoms with E-state index in [0.717, 1.165) is 13.0 Å². The first-order chi connectivity index (χ1) is 9.77. The van der Waals surface area contributed by atoms with Gasteiger partial charge in [-0.1, -0.05) is 15.9 Å². The molecule has 1 rings (SSSR count). The van der Waals surface area contributed by atoms with Gasteiger partial charge in [0.15, 0.2) is 0 Å². The lowest BCUT2D eigenvalue weighted by atomic mass is 10.2. The van der Waals surface area contributed by atoms with Crippen molar-refractivity contribution in [2.75, 3.05) is 27.2 Å². The minimum Gasteiger partial charge on any atom is -0.392 e. The molecule has 0 aromatic heterocycles. The predicted octanol–water partition coefficient (Wildman–Crippen LogP) is 1.70. The van der Waals surface area contributed by atoms with E-state index in [-0.39, 0.29) is 12.1 Å². The first kappa shape index (κ1) is 18.5. The Morgan fingerprint density at radius 1 is 1.33 bits per heavy atom. The number of rotatable bonds is 8. The van der Waals surface area contributed by atoms with Gasteiger partial charge in [-0.15, -0.1) is 0 Å². The van der Waals surface area contributed by atoms with Crippen LogP contribution >= 0.6 is 15.9 Å². The van der Waals surface area contributed by atoms with Crippen LogP contribution in [-0.2, 0) is 16.6 Å². The van der Waals surface area contributed by atoms with Gasteiger partial charge in [0.05, 0.1) is 6.61 Å². The molecule has 0 saturated carbocycles. The Kier molecular flexibility index (Phi) is 7.22. The highest BCUT2D eigenvalue weighted by molar-refractivity contribution is 9.10. The van der Waals surface area contributed by atoms with Gasteiger partial charge in [-0.05, 0) is 45.6 Å². The SMILES string of the molecule is CN(C)CCCCNS(=O)(=O)c1cc(Br)cc(CO)c1F. The van der Waals surface area contributed by atoms with Crippen LogP contribution in [0.25, 0.3) is 0 Å². The highest BCUT2D eigenvalue weighted by Crippen LogP contribution is 2.24. The molecule has 0 fully saturated rings. The summed E-state index contributed by atoms with van der Waals surface area (Å²) in [6.07, 6.45) is 1.51. The van der Waals surface area contributed by atoms with E-state index >= 15 is 0 Å². The second-order valence-electron chi connectivity index (χ2n) is 4.94. The molecule has 21 heavy (non-hydrogen) atoms. The van der Waals surface area contributed by atoms with Gasteiger partial charge >= 0.3 is 0 Å². The topological polar surface area (TPSA) is 69.6 Å². The quantitative estimate of drug-likeness (QED) is 0.671. The third-order valence-electron chi connectivity index (χ3n) is 2.86. The van der Waals surface area contributed by atoms with Crippen LogP contribution in [0.4, 0.5) is 4.39 Å². The molecular weight excluding hydrogens is 363 g/mol. The zero-order valence-electron chi connectivity index (χ0n) is 12.1. The molecular formula is C13H20BrFN2O3S. The van der Waals surface area contributed by atoms with E-state index in [9.17, 15) is 12.8 Å². The van der Waals surface area contributed by atoms with Gasteiger partial charge in [0.25, 0.3) is 0 Å². The molecule has 0 aliphatic heterocycles. The van der Waals surface area contributed by atoms with Crippen LogP contribution in [-0.4, -0.2) is 45.6 Å². The van der Waals surface area contributed by atoms with Gasteiger partial charge < -0.3 is 10.0 Å². The Bertz CT molecular complexity index is 579. The van der Waals surface area contributed by atoms with E-state index in [2.05, 4.69) is 20.7 Å². The van der Waals surface area contributed by atoms with Crippen LogP contribution in [0.1, 0.15) is 18.4 Å². The van der Waals surface area contributed by atoms with E-state index in [0.29, 0.717) is 10.9 Å². The zero-order valence-corrected chi connectivity index (χ0v) is 14.5. The van der Waals surface area contributed by atoms with Gasteiger partial charge in [0.1, 0.15) is 10.7 Å². The molecule has 0 aliphatic rings. The number of halogens is 2. The van der Waals surface area contributed by atoms with Crippen molar-refractivity contribution in [3.05, 3.63) is 28.0 Å². The smallest absolute Gasteiger partial charge is 0.243 e. The van der Waals surface area contributed by atoms with Crippen molar-refractivity contribution in [2.45, 2.75) is 24.3 Å². The summed E-state index contributed by atoms with van der Waals surface area (Å²) in [6, 6.07) is 2.54. The average Bonchev–Trinajstić information content (AvgIpc) is 2.40. The molecule has 120 valence electrons. The number of unbranched alkanes of at least 4 members (excludes halogenated alkanes) is 1. The number of aliphatic hydroxyl groups excluding tert-OH is 1. The Hall–Kier alpha value is -0.540. The largest absolute Gasteiger partial charge is 0.392 e. The molecule has 0 bridgehead atoms. The monoisotopic (exact) mass is 382 g/mol. The van der Waals surface area contributed by atoms with Crippen LogP contribution in [0.3, 0.4) is 0 Å². The number of hydrogen-bond donors (Lipinski definition) is 2. The second kappa shape index (κ2) is 8.19. The summed E-state index contributed by atoms with van der Waals surface area (Å²) in [5.41, 5.74) is -0.0580. The minimum atomic E-state index is -3.93. The van der Waals surface area contributed by atoms with Crippen molar-refractivity contribution >= 4 is 26.0 Å². The van der Waals surface area contributed by atoms with E-state index in [1.807, 2.05) is 19.0 Å². The van der Waals surface area contributed by atoms with Gasteiger partial charge in [0.2, 0.25) is 10.0 Å². The lowest BCUT2D eigenvalue weighted by molar-refractivity contribution is 0.274. The average molecular weight is 383 g/mol. The first-order valence-corrected chi connectivity index (χ1v) is 8.78. The van der Waals surface area contributed by atoms with Crippen LogP contribution in [0.5, 0.6) is 0 Å². The highest BCUT2D eigenvalue weighted by atomic mass is 79.9. The Labute approximate surface area is 133 Å². The van der Waals surface area contributed by atoms with E-state index in [1.54, 1.807) is 0 Å². The molecule has 0 atom stereocenters. The van der Waals surface area contributed by atoms with Crippen LogP contribution in [0.2, 0.25) is 0 Å². The molecule has 1 aromatic rings. The molecule has 2 N–H and O–H groups in total. The summed E-state index contributed by atoms with van der Waals surface area (Å²) in [6.45, 7) is 0.550. The second-order valence-corrected chi connectivity index (χ2v) is 7.59. The minimum absolute atomic E-state index is 0.0580. The van der Waals surface area contributed by atoms with Gasteiger partial charge in [0, 0.05) is 16.6 Å². The summed E-state index contributed by atoms with van der Waals surface area (Å²) in [7, 11) is -0.0426. The highest BCUT2D eigenvalue weighted by Gasteiger charge is 2.21. The third-order valence-corrected chi connectivity index (χ3v) is 4.78. The summed E-state index contributed by atoms with van der Waals surface area (Å²) < 4.78 is 41.0. The maximum absolute atomic E-state index is 14.0. The molecule has 0 heterocycles. The van der Waals surface area contributed by atoms with Gasteiger partial charge in [-0.2, -0.15) is 0 Å². The molecule has 0 spiro atoms. The molecule has 0 radical (unpaired) electrons. The molecule has 1 aromatic carbocycles. The Balaban J connectivity index is 2.77. The van der Waals surface area contributed by atoms with Crippen molar-refractivity contribution in [1.29, 1.82) is 0 Å². The van der Waals surface area contributed by atoms with E-state index in [4.69, 9.17) is 5.11 Å². The van der Waals surface area contributed by atoms with Gasteiger partial charge in [-0.3, -0.25) is 0 Å². The van der Waals surface area contributed by atoms with Gasteiger partial charge in [-0.25, -0.2) is 17.5 Å². The lowest BCUT2D eigenvalue weighted by Gasteiger charge is -2.11. The third kappa shape index (κ3) is 5.63. The predicted molar refractivity (Wildman–Crippen MR) is 83.0 cm³/mol. The fraction of sp³-hybridized carbons (Fsp3) is 0.538. The molecule has 0 amide bonds. The maximum Gasteiger partial charge on any atom is 0.243 e. The summed E-state index contributed by atoms with van der Waals surface area (Å²) >= 11 is 3.11. The maximum atomic E-state index is 14.0. The van der Waals surface area contributed by atoms with Crippen LogP contribution < -0.4 is 4.72 Å². The normalized spacial score (nSPS) is 12.1. The summed E-state index contributed by atoms with van der Waals surface area (Å²) in [4.78, 5) is 1.56. The molecule has 5 nitrogen and oxygen atoms in total. The number of nitrogens with one attached hydrogen (secondary N) is 1. The number of sulfonamides is 1. The molecule has 8 heteroatoms. The van der Waals surface area contributed by atoms with E-state index in [1.165, 1.54) is 12.1 Å². The Morgan fingerprint density at radius 2 is 2.00 bits per heavy atom. The molecule has 0 unspecified atom stereocenters. The lowest BCUT2D eigenvalue weighted by Crippen LogP contribution is -2.26. The number of nitrogens with zero attached hydrogens (tertiary/aromatic N) is 1. The van der Waals surface area contributed by atoms with E-state index < -0.39 is 27.3 Å². The van der Waals surface area contributed by atoms with Crippen LogP contribution in [0, 0.1) is 5.82 Å². The number of aliphatic hydroxyl groups is 1. The number of benzene rings is 1. The summed E-state index contributed by atoms with van der Waals surface area (Å²) in [5.74, 6) is -0.915. The fourth-order valence-electron chi connectivity index (χ4n) is 1.77. The van der Waals surface area contributed by atoms with Crippen LogP contribution in [0.15, 0.2) is 21.5 Å². The van der Waals surface area contributed by atoms with Crippen molar-refractivity contribution in [3.8, 4) is 0 Å². The number of hydrogen-bond acceptors (Lipinski definition) is 4. The Morgan fingerprint density at radius 3 is 2.57 bits per heavy atom. The molecule has 0 saturated heterocycles. The summed E-state index contributed by atoms with van der Waals surface area (Å²) in [5, 5.41) is 9.05. The standard InChI is InChI=1S/C13H20BrFN2O3S/c1-17(2)6-4-3-5-16-21(19,20)12-8-11(14)7-10(9-18)13(12)15/h7-8,16,18H,3-6,9H2,1-2H3.